The first-order valence-electron chi connectivity index (χ1n) is 7.18. The Morgan fingerprint density at radius 1 is 1.26 bits per heavy atom. The Morgan fingerprint density at radius 2 is 2.05 bits per heavy atom. The van der Waals surface area contributed by atoms with E-state index in [1.54, 1.807) is 12.1 Å². The van der Waals surface area contributed by atoms with Crippen LogP contribution in [0.3, 0.4) is 0 Å². The van der Waals surface area contributed by atoms with Crippen LogP contribution in [-0.2, 0) is 6.42 Å². The number of alkyl halides is 1. The molecule has 1 fully saturated rings. The zero-order chi connectivity index (χ0) is 13.8. The Labute approximate surface area is 122 Å². The van der Waals surface area contributed by atoms with Gasteiger partial charge in [-0.05, 0) is 49.1 Å². The molecule has 3 unspecified atom stereocenters. The Hall–Kier alpha value is -0.440. The van der Waals surface area contributed by atoms with Crippen LogP contribution in [0.5, 0.6) is 0 Å². The summed E-state index contributed by atoms with van der Waals surface area (Å²) in [6.07, 6.45) is 6.62. The lowest BCUT2D eigenvalue weighted by Crippen LogP contribution is -2.27. The summed E-state index contributed by atoms with van der Waals surface area (Å²) < 4.78 is 27.0. The lowest BCUT2D eigenvalue weighted by atomic mass is 9.77. The van der Waals surface area contributed by atoms with E-state index in [0.717, 1.165) is 18.8 Å². The molecule has 0 nitrogen and oxygen atoms in total. The maximum Gasteiger partial charge on any atom is 0.162 e. The first-order chi connectivity index (χ1) is 9.11. The summed E-state index contributed by atoms with van der Waals surface area (Å²) in [5.74, 6) is -0.230. The minimum atomic E-state index is -0.732. The Bertz CT molecular complexity index is 419. The first-order valence-corrected chi connectivity index (χ1v) is 8.10. The van der Waals surface area contributed by atoms with E-state index in [2.05, 4.69) is 22.9 Å². The van der Waals surface area contributed by atoms with Gasteiger partial charge in [-0.2, -0.15) is 0 Å². The molecule has 2 rings (SSSR count). The van der Waals surface area contributed by atoms with Crippen LogP contribution >= 0.6 is 15.9 Å². The molecular formula is C16H21BrF2. The third kappa shape index (κ3) is 3.77. The van der Waals surface area contributed by atoms with Crippen LogP contribution in [0.2, 0.25) is 0 Å². The number of benzene rings is 1. The molecular weight excluding hydrogens is 310 g/mol. The predicted molar refractivity (Wildman–Crippen MR) is 78.5 cm³/mol. The van der Waals surface area contributed by atoms with Crippen molar-refractivity contribution in [1.82, 2.24) is 0 Å². The molecule has 19 heavy (non-hydrogen) atoms. The zero-order valence-electron chi connectivity index (χ0n) is 11.3. The zero-order valence-corrected chi connectivity index (χ0v) is 12.9. The number of hydrogen-bond donors (Lipinski definition) is 0. The average Bonchev–Trinajstić information content (AvgIpc) is 2.39. The molecule has 1 aliphatic carbocycles. The molecule has 0 aliphatic heterocycles. The molecule has 0 N–H and O–H groups in total. The molecule has 1 aromatic rings. The van der Waals surface area contributed by atoms with Gasteiger partial charge in [0, 0.05) is 4.83 Å². The molecule has 3 atom stereocenters. The first kappa shape index (κ1) is 15.0. The molecule has 1 aliphatic rings. The van der Waals surface area contributed by atoms with Gasteiger partial charge < -0.3 is 0 Å². The van der Waals surface area contributed by atoms with E-state index < -0.39 is 11.6 Å². The summed E-state index contributed by atoms with van der Waals surface area (Å²) in [5, 5.41) is 0. The minimum Gasteiger partial charge on any atom is -0.204 e. The second kappa shape index (κ2) is 6.83. The summed E-state index contributed by atoms with van der Waals surface area (Å²) >= 11 is 3.72. The Balaban J connectivity index is 2.05. The highest BCUT2D eigenvalue weighted by Gasteiger charge is 2.29. The van der Waals surface area contributed by atoms with Crippen LogP contribution in [0.15, 0.2) is 18.2 Å². The van der Waals surface area contributed by atoms with Crippen LogP contribution in [0, 0.1) is 23.5 Å². The van der Waals surface area contributed by atoms with Crippen LogP contribution < -0.4 is 0 Å². The summed E-state index contributed by atoms with van der Waals surface area (Å²) in [7, 11) is 0. The van der Waals surface area contributed by atoms with Gasteiger partial charge in [0.05, 0.1) is 0 Å². The lowest BCUT2D eigenvalue weighted by molar-refractivity contribution is 0.261. The van der Waals surface area contributed by atoms with E-state index in [1.165, 1.54) is 25.3 Å². The van der Waals surface area contributed by atoms with Gasteiger partial charge in [-0.25, -0.2) is 8.78 Å². The second-order valence-corrected chi connectivity index (χ2v) is 6.84. The summed E-state index contributed by atoms with van der Waals surface area (Å²) in [6, 6.07) is 4.50. The van der Waals surface area contributed by atoms with Crippen LogP contribution in [0.4, 0.5) is 8.78 Å². The third-order valence-corrected chi connectivity index (χ3v) is 5.41. The van der Waals surface area contributed by atoms with Crippen molar-refractivity contribution in [3.8, 4) is 0 Å². The summed E-state index contributed by atoms with van der Waals surface area (Å²) in [6.45, 7) is 2.21. The van der Waals surface area contributed by atoms with Crippen molar-refractivity contribution in [2.45, 2.75) is 50.3 Å². The van der Waals surface area contributed by atoms with Gasteiger partial charge in [0.2, 0.25) is 0 Å². The van der Waals surface area contributed by atoms with Crippen LogP contribution in [0.1, 0.15) is 44.6 Å². The van der Waals surface area contributed by atoms with Gasteiger partial charge in [-0.15, -0.1) is 0 Å². The van der Waals surface area contributed by atoms with Gasteiger partial charge in [0.15, 0.2) is 11.6 Å². The maximum absolute atomic E-state index is 13.7. The highest BCUT2D eigenvalue weighted by molar-refractivity contribution is 9.09. The normalized spacial score (nSPS) is 27.5. The molecule has 0 spiro atoms. The van der Waals surface area contributed by atoms with Crippen molar-refractivity contribution in [2.75, 3.05) is 0 Å². The van der Waals surface area contributed by atoms with Crippen molar-refractivity contribution in [2.24, 2.45) is 11.8 Å². The summed E-state index contributed by atoms with van der Waals surface area (Å²) in [5.41, 5.74) is 0.520. The van der Waals surface area contributed by atoms with Crippen molar-refractivity contribution < 1.29 is 8.78 Å². The van der Waals surface area contributed by atoms with E-state index in [1.807, 2.05) is 0 Å². The maximum atomic E-state index is 13.7. The summed E-state index contributed by atoms with van der Waals surface area (Å²) in [4.78, 5) is 0.434. The molecule has 0 saturated heterocycles. The van der Waals surface area contributed by atoms with Crippen LogP contribution in [-0.4, -0.2) is 4.83 Å². The van der Waals surface area contributed by atoms with E-state index in [0.29, 0.717) is 22.7 Å². The largest absolute Gasteiger partial charge is 0.204 e. The fraction of sp³-hybridized carbons (Fsp3) is 0.625. The smallest absolute Gasteiger partial charge is 0.162 e. The second-order valence-electron chi connectivity index (χ2n) is 5.66. The Morgan fingerprint density at radius 3 is 2.79 bits per heavy atom. The topological polar surface area (TPSA) is 0 Å². The third-order valence-electron chi connectivity index (χ3n) is 4.21. The minimum absolute atomic E-state index is 0.418. The molecule has 1 aromatic carbocycles. The number of rotatable bonds is 4. The average molecular weight is 331 g/mol. The van der Waals surface area contributed by atoms with Gasteiger partial charge in [0.1, 0.15) is 0 Å². The molecule has 0 amide bonds. The molecule has 0 aromatic heterocycles. The van der Waals surface area contributed by atoms with Gasteiger partial charge in [-0.3, -0.25) is 0 Å². The van der Waals surface area contributed by atoms with Crippen molar-refractivity contribution >= 4 is 15.9 Å². The van der Waals surface area contributed by atoms with E-state index in [-0.39, 0.29) is 0 Å². The highest BCUT2D eigenvalue weighted by atomic mass is 79.9. The number of halogens is 3. The van der Waals surface area contributed by atoms with Crippen LogP contribution in [0.25, 0.3) is 0 Å². The quantitative estimate of drug-likeness (QED) is 0.640. The Kier molecular flexibility index (Phi) is 5.37. The van der Waals surface area contributed by atoms with Gasteiger partial charge in [-0.1, -0.05) is 47.8 Å². The molecule has 0 radical (unpaired) electrons. The van der Waals surface area contributed by atoms with Crippen molar-refractivity contribution in [3.63, 3.8) is 0 Å². The van der Waals surface area contributed by atoms with E-state index in [4.69, 9.17) is 0 Å². The fourth-order valence-corrected chi connectivity index (χ4v) is 3.86. The van der Waals surface area contributed by atoms with E-state index >= 15 is 0 Å². The SMILES string of the molecule is CCCC1CCC(Br)C(Cc2cccc(F)c2F)C1. The molecule has 3 heteroatoms. The van der Waals surface area contributed by atoms with E-state index in [9.17, 15) is 8.78 Å². The standard InChI is InChI=1S/C16H21BrF2/c1-2-4-11-7-8-14(17)13(9-11)10-12-5-3-6-15(18)16(12)19/h3,5-6,11,13-14H,2,4,7-10H2,1H3. The molecule has 106 valence electrons. The van der Waals surface area contributed by atoms with Crippen molar-refractivity contribution in [3.05, 3.63) is 35.4 Å². The monoisotopic (exact) mass is 330 g/mol. The highest BCUT2D eigenvalue weighted by Crippen LogP contribution is 2.38. The predicted octanol–water partition coefficient (Wildman–Crippen LogP) is 5.49. The molecule has 1 saturated carbocycles. The van der Waals surface area contributed by atoms with Crippen molar-refractivity contribution in [1.29, 1.82) is 0 Å². The fourth-order valence-electron chi connectivity index (χ4n) is 3.19. The van der Waals surface area contributed by atoms with Gasteiger partial charge in [0.25, 0.3) is 0 Å². The molecule has 0 bridgehead atoms. The lowest BCUT2D eigenvalue weighted by Gasteiger charge is -2.33. The molecule has 0 heterocycles. The van der Waals surface area contributed by atoms with Gasteiger partial charge >= 0.3 is 0 Å². The number of hydrogen-bond acceptors (Lipinski definition) is 0.